The third-order valence-corrected chi connectivity index (χ3v) is 3.54. The Morgan fingerprint density at radius 2 is 1.70 bits per heavy atom. The Kier molecular flexibility index (Phi) is 5.64. The molecule has 1 heterocycles. The Bertz CT molecular complexity index is 930. The molecule has 1 aromatic heterocycles. The van der Waals surface area contributed by atoms with E-state index in [1.54, 1.807) is 61.7 Å². The van der Waals surface area contributed by atoms with E-state index in [9.17, 15) is 9.59 Å². The van der Waals surface area contributed by atoms with E-state index in [0.717, 1.165) is 5.56 Å². The number of nitrogens with zero attached hydrogens (tertiary/aromatic N) is 1. The van der Waals surface area contributed by atoms with Crippen molar-refractivity contribution in [1.29, 1.82) is 0 Å². The molecule has 0 spiro atoms. The summed E-state index contributed by atoms with van der Waals surface area (Å²) in [6.45, 7) is 0. The predicted octanol–water partition coefficient (Wildman–Crippen LogP) is 3.27. The van der Waals surface area contributed by atoms with Crippen LogP contribution in [0, 0.1) is 0 Å². The molecule has 1 N–H and O–H groups in total. The summed E-state index contributed by atoms with van der Waals surface area (Å²) in [5.74, 6) is 0.320. The molecule has 0 radical (unpaired) electrons. The monoisotopic (exact) mass is 364 g/mol. The second-order valence-electron chi connectivity index (χ2n) is 5.36. The summed E-state index contributed by atoms with van der Waals surface area (Å²) < 4.78 is 15.3. The van der Waals surface area contributed by atoms with Crippen LogP contribution in [-0.4, -0.2) is 25.2 Å². The van der Waals surface area contributed by atoms with Gasteiger partial charge in [-0.25, -0.2) is 10.2 Å². The number of benzene rings is 2. The van der Waals surface area contributed by atoms with Gasteiger partial charge in [-0.15, -0.1) is 0 Å². The molecular weight excluding hydrogens is 348 g/mol. The molecule has 2 aromatic carbocycles. The normalized spacial score (nSPS) is 10.6. The lowest BCUT2D eigenvalue weighted by Gasteiger charge is -2.05. The first kappa shape index (κ1) is 17.9. The number of hydrogen-bond acceptors (Lipinski definition) is 6. The van der Waals surface area contributed by atoms with Crippen LogP contribution in [0.25, 0.3) is 0 Å². The van der Waals surface area contributed by atoms with Crippen LogP contribution in [0.5, 0.6) is 11.5 Å². The first-order valence-electron chi connectivity index (χ1n) is 7.99. The van der Waals surface area contributed by atoms with Gasteiger partial charge in [-0.2, -0.15) is 5.10 Å². The van der Waals surface area contributed by atoms with Crippen LogP contribution in [0.2, 0.25) is 0 Å². The van der Waals surface area contributed by atoms with E-state index in [1.165, 1.54) is 18.5 Å². The molecule has 3 aromatic rings. The highest BCUT2D eigenvalue weighted by molar-refractivity contribution is 5.92. The lowest BCUT2D eigenvalue weighted by molar-refractivity contribution is 0.0734. The van der Waals surface area contributed by atoms with Crippen LogP contribution in [0.3, 0.4) is 0 Å². The van der Waals surface area contributed by atoms with Crippen molar-refractivity contribution in [1.82, 2.24) is 5.43 Å². The van der Waals surface area contributed by atoms with E-state index in [4.69, 9.17) is 13.9 Å². The third-order valence-electron chi connectivity index (χ3n) is 3.54. The quantitative estimate of drug-likeness (QED) is 0.314. The molecule has 7 nitrogen and oxygen atoms in total. The Hall–Kier alpha value is -3.87. The van der Waals surface area contributed by atoms with Crippen molar-refractivity contribution in [2.24, 2.45) is 5.10 Å². The van der Waals surface area contributed by atoms with E-state index < -0.39 is 11.9 Å². The fourth-order valence-electron chi connectivity index (χ4n) is 2.14. The molecule has 1 amide bonds. The number of methoxy groups -OCH3 is 1. The molecule has 3 rings (SSSR count). The minimum atomic E-state index is -0.468. The van der Waals surface area contributed by atoms with Crippen molar-refractivity contribution in [2.75, 3.05) is 7.11 Å². The Morgan fingerprint density at radius 3 is 2.33 bits per heavy atom. The number of rotatable bonds is 6. The van der Waals surface area contributed by atoms with Crippen LogP contribution in [0.15, 0.2) is 76.4 Å². The Balaban J connectivity index is 1.55. The summed E-state index contributed by atoms with van der Waals surface area (Å²) in [6, 6.07) is 16.5. The van der Waals surface area contributed by atoms with Gasteiger partial charge in [0.1, 0.15) is 11.5 Å². The van der Waals surface area contributed by atoms with Crippen LogP contribution < -0.4 is 14.9 Å². The number of carbonyl (C=O) groups excluding carboxylic acids is 2. The minimum Gasteiger partial charge on any atom is -0.497 e. The summed E-state index contributed by atoms with van der Waals surface area (Å²) >= 11 is 0. The molecule has 0 bridgehead atoms. The van der Waals surface area contributed by atoms with E-state index in [0.29, 0.717) is 17.1 Å². The van der Waals surface area contributed by atoms with Gasteiger partial charge in [0, 0.05) is 0 Å². The number of hydrazone groups is 1. The minimum absolute atomic E-state index is 0.174. The molecular formula is C20H16N2O5. The molecule has 0 atom stereocenters. The first-order chi connectivity index (χ1) is 13.2. The lowest BCUT2D eigenvalue weighted by atomic mass is 10.2. The van der Waals surface area contributed by atoms with E-state index in [-0.39, 0.29) is 5.76 Å². The lowest BCUT2D eigenvalue weighted by Crippen LogP contribution is -2.16. The molecule has 0 aliphatic rings. The number of furan rings is 1. The van der Waals surface area contributed by atoms with Crippen molar-refractivity contribution in [2.45, 2.75) is 0 Å². The van der Waals surface area contributed by atoms with Gasteiger partial charge in [0.05, 0.1) is 25.2 Å². The first-order valence-corrected chi connectivity index (χ1v) is 7.99. The van der Waals surface area contributed by atoms with Gasteiger partial charge >= 0.3 is 11.9 Å². The average Bonchev–Trinajstić information content (AvgIpc) is 3.24. The zero-order valence-corrected chi connectivity index (χ0v) is 14.4. The highest BCUT2D eigenvalue weighted by Gasteiger charge is 2.09. The van der Waals surface area contributed by atoms with Crippen LogP contribution in [0.1, 0.15) is 26.5 Å². The molecule has 0 unspecified atom stereocenters. The maximum absolute atomic E-state index is 12.1. The summed E-state index contributed by atoms with van der Waals surface area (Å²) in [6.07, 6.45) is 2.88. The maximum atomic E-state index is 12.1. The number of carbonyl (C=O) groups is 2. The maximum Gasteiger partial charge on any atom is 0.343 e. The fourth-order valence-corrected chi connectivity index (χ4v) is 2.14. The Morgan fingerprint density at radius 1 is 1.00 bits per heavy atom. The summed E-state index contributed by atoms with van der Waals surface area (Å²) in [4.78, 5) is 23.8. The van der Waals surface area contributed by atoms with Gasteiger partial charge in [0.25, 0.3) is 0 Å². The standard InChI is InChI=1S/C20H16N2O5/c1-25-16-10-6-15(7-11-16)20(24)27-17-8-4-14(5-9-17)13-21-22-19(23)18-3-2-12-26-18/h2-13H,1H3,(H,22,23)/b21-13-. The van der Waals surface area contributed by atoms with Gasteiger partial charge in [-0.05, 0) is 66.2 Å². The molecule has 7 heteroatoms. The van der Waals surface area contributed by atoms with Crippen LogP contribution >= 0.6 is 0 Å². The smallest absolute Gasteiger partial charge is 0.343 e. The van der Waals surface area contributed by atoms with Gasteiger partial charge in [-0.3, -0.25) is 4.79 Å². The van der Waals surface area contributed by atoms with Crippen molar-refractivity contribution in [3.63, 3.8) is 0 Å². The van der Waals surface area contributed by atoms with Crippen molar-refractivity contribution >= 4 is 18.1 Å². The molecule has 0 saturated heterocycles. The van der Waals surface area contributed by atoms with Gasteiger partial charge in [0.2, 0.25) is 0 Å². The number of esters is 1. The summed E-state index contributed by atoms with van der Waals surface area (Å²) in [5.41, 5.74) is 3.49. The van der Waals surface area contributed by atoms with Crippen LogP contribution in [-0.2, 0) is 0 Å². The highest BCUT2D eigenvalue weighted by atomic mass is 16.5. The largest absolute Gasteiger partial charge is 0.497 e. The average molecular weight is 364 g/mol. The van der Waals surface area contributed by atoms with Crippen molar-refractivity contribution < 1.29 is 23.5 Å². The molecule has 0 fully saturated rings. The number of nitrogens with one attached hydrogen (secondary N) is 1. The topological polar surface area (TPSA) is 90.1 Å². The van der Waals surface area contributed by atoms with Gasteiger partial charge < -0.3 is 13.9 Å². The summed E-state index contributed by atoms with van der Waals surface area (Å²) in [7, 11) is 1.56. The van der Waals surface area contributed by atoms with Crippen molar-refractivity contribution in [3.8, 4) is 11.5 Å². The summed E-state index contributed by atoms with van der Waals surface area (Å²) in [5, 5.41) is 3.85. The van der Waals surface area contributed by atoms with Gasteiger partial charge in [-0.1, -0.05) is 0 Å². The molecule has 0 saturated carbocycles. The number of ether oxygens (including phenoxy) is 2. The predicted molar refractivity (Wildman–Crippen MR) is 98.2 cm³/mol. The fraction of sp³-hybridized carbons (Fsp3) is 0.0500. The van der Waals surface area contributed by atoms with E-state index in [2.05, 4.69) is 10.5 Å². The molecule has 27 heavy (non-hydrogen) atoms. The second kappa shape index (κ2) is 8.48. The zero-order chi connectivity index (χ0) is 19.1. The highest BCUT2D eigenvalue weighted by Crippen LogP contribution is 2.16. The zero-order valence-electron chi connectivity index (χ0n) is 14.4. The SMILES string of the molecule is COc1ccc(C(=O)Oc2ccc(/C=N\NC(=O)c3ccco3)cc2)cc1. The molecule has 0 aliphatic carbocycles. The molecule has 0 aliphatic heterocycles. The van der Waals surface area contributed by atoms with Crippen LogP contribution in [0.4, 0.5) is 0 Å². The second-order valence-corrected chi connectivity index (χ2v) is 5.36. The van der Waals surface area contributed by atoms with Gasteiger partial charge in [0.15, 0.2) is 5.76 Å². The third kappa shape index (κ3) is 4.82. The van der Waals surface area contributed by atoms with Crippen molar-refractivity contribution in [3.05, 3.63) is 83.8 Å². The number of hydrogen-bond donors (Lipinski definition) is 1. The molecule has 136 valence electrons. The Labute approximate surface area is 155 Å². The van der Waals surface area contributed by atoms with E-state index >= 15 is 0 Å². The number of amides is 1. The van der Waals surface area contributed by atoms with E-state index in [1.807, 2.05) is 0 Å².